The lowest BCUT2D eigenvalue weighted by molar-refractivity contribution is 0.0740. The van der Waals surface area contributed by atoms with Gasteiger partial charge in [-0.3, -0.25) is 4.79 Å². The molecule has 7 heteroatoms. The Morgan fingerprint density at radius 1 is 1.00 bits per heavy atom. The number of aryl methyl sites for hydroxylation is 1. The Hall–Kier alpha value is -2.67. The maximum atomic E-state index is 13.1. The number of carbonyl (C=O) groups excluding carboxylic acids is 1. The fraction of sp³-hybridized carbons (Fsp3) is 0.318. The fourth-order valence-electron chi connectivity index (χ4n) is 3.76. The molecule has 3 aromatic rings. The van der Waals surface area contributed by atoms with Crippen LogP contribution in [0.15, 0.2) is 46.9 Å². The molecule has 0 radical (unpaired) electrons. The van der Waals surface area contributed by atoms with Crippen molar-refractivity contribution in [1.29, 1.82) is 0 Å². The largest absolute Gasteiger partial charge is 0.368 e. The molecule has 2 aromatic carbocycles. The molecule has 1 amide bonds. The Balaban J connectivity index is 1.48. The summed E-state index contributed by atoms with van der Waals surface area (Å²) >= 11 is 3.48. The van der Waals surface area contributed by atoms with E-state index >= 15 is 0 Å². The van der Waals surface area contributed by atoms with Gasteiger partial charge in [0, 0.05) is 36.3 Å². The first-order chi connectivity index (χ1) is 14.0. The van der Waals surface area contributed by atoms with Gasteiger partial charge in [0.25, 0.3) is 5.91 Å². The van der Waals surface area contributed by atoms with Gasteiger partial charge in [0.15, 0.2) is 5.69 Å². The fourth-order valence-corrected chi connectivity index (χ4v) is 4.15. The van der Waals surface area contributed by atoms with Crippen LogP contribution < -0.4 is 4.90 Å². The number of amides is 1. The van der Waals surface area contributed by atoms with Gasteiger partial charge < -0.3 is 9.80 Å². The number of rotatable bonds is 3. The van der Waals surface area contributed by atoms with E-state index in [4.69, 9.17) is 0 Å². The number of aromatic nitrogens is 3. The maximum Gasteiger partial charge on any atom is 0.276 e. The molecule has 4 rings (SSSR count). The van der Waals surface area contributed by atoms with E-state index in [-0.39, 0.29) is 5.91 Å². The highest BCUT2D eigenvalue weighted by Crippen LogP contribution is 2.24. The van der Waals surface area contributed by atoms with Crippen molar-refractivity contribution in [3.8, 4) is 5.69 Å². The Labute approximate surface area is 179 Å². The number of piperazine rings is 1. The smallest absolute Gasteiger partial charge is 0.276 e. The van der Waals surface area contributed by atoms with Crippen molar-refractivity contribution >= 4 is 27.5 Å². The molecule has 1 saturated heterocycles. The van der Waals surface area contributed by atoms with Gasteiger partial charge in [0.05, 0.1) is 11.4 Å². The van der Waals surface area contributed by atoms with Crippen molar-refractivity contribution in [2.45, 2.75) is 20.8 Å². The summed E-state index contributed by atoms with van der Waals surface area (Å²) in [5.41, 5.74) is 5.91. The van der Waals surface area contributed by atoms with Gasteiger partial charge in [-0.2, -0.15) is 0 Å². The van der Waals surface area contributed by atoms with Crippen LogP contribution >= 0.6 is 15.9 Å². The summed E-state index contributed by atoms with van der Waals surface area (Å²) < 4.78 is 2.67. The molecule has 1 aromatic heterocycles. The van der Waals surface area contributed by atoms with Gasteiger partial charge in [-0.05, 0) is 56.2 Å². The highest BCUT2D eigenvalue weighted by molar-refractivity contribution is 9.10. The lowest BCUT2D eigenvalue weighted by Gasteiger charge is -2.36. The number of halogens is 1. The van der Waals surface area contributed by atoms with Crippen LogP contribution in [0.25, 0.3) is 5.69 Å². The van der Waals surface area contributed by atoms with Crippen LogP contribution in [0.1, 0.15) is 27.3 Å². The second kappa shape index (κ2) is 7.99. The third-order valence-electron chi connectivity index (χ3n) is 5.63. The molecule has 0 aliphatic carbocycles. The molecule has 0 saturated carbocycles. The molecule has 2 heterocycles. The standard InChI is InChI=1S/C22H24BrN5O/c1-15-6-4-9-20(16(15)2)26-10-12-27(13-11-26)22(29)21-17(3)28(25-24-21)19-8-5-7-18(23)14-19/h4-9,14H,10-13H2,1-3H3. The van der Waals surface area contributed by atoms with Gasteiger partial charge in [-0.25, -0.2) is 4.68 Å². The van der Waals surface area contributed by atoms with E-state index in [1.807, 2.05) is 36.1 Å². The molecule has 1 aliphatic heterocycles. The first kappa shape index (κ1) is 19.6. The normalized spacial score (nSPS) is 14.3. The van der Waals surface area contributed by atoms with E-state index in [1.54, 1.807) is 4.68 Å². The molecule has 1 fully saturated rings. The van der Waals surface area contributed by atoms with E-state index in [0.717, 1.165) is 28.9 Å². The third kappa shape index (κ3) is 3.79. The predicted molar refractivity (Wildman–Crippen MR) is 118 cm³/mol. The van der Waals surface area contributed by atoms with Crippen LogP contribution in [0, 0.1) is 20.8 Å². The van der Waals surface area contributed by atoms with Crippen molar-refractivity contribution in [3.05, 3.63) is 69.5 Å². The molecule has 150 valence electrons. The third-order valence-corrected chi connectivity index (χ3v) is 6.13. The highest BCUT2D eigenvalue weighted by Gasteiger charge is 2.27. The number of hydrogen-bond donors (Lipinski definition) is 0. The lowest BCUT2D eigenvalue weighted by atomic mass is 10.1. The Morgan fingerprint density at radius 3 is 2.45 bits per heavy atom. The van der Waals surface area contributed by atoms with Gasteiger partial charge >= 0.3 is 0 Å². The van der Waals surface area contributed by atoms with Crippen LogP contribution in [0.5, 0.6) is 0 Å². The van der Waals surface area contributed by atoms with Gasteiger partial charge in [-0.1, -0.05) is 39.3 Å². The van der Waals surface area contributed by atoms with Gasteiger partial charge in [0.1, 0.15) is 0 Å². The van der Waals surface area contributed by atoms with E-state index in [1.165, 1.54) is 16.8 Å². The van der Waals surface area contributed by atoms with E-state index < -0.39 is 0 Å². The monoisotopic (exact) mass is 453 g/mol. The van der Waals surface area contributed by atoms with Crippen LogP contribution in [0.4, 0.5) is 5.69 Å². The van der Waals surface area contributed by atoms with Gasteiger partial charge in [0.2, 0.25) is 0 Å². The van der Waals surface area contributed by atoms with Crippen molar-refractivity contribution in [1.82, 2.24) is 19.9 Å². The minimum atomic E-state index is -0.0515. The van der Waals surface area contributed by atoms with Crippen molar-refractivity contribution in [2.75, 3.05) is 31.1 Å². The average molecular weight is 454 g/mol. The number of anilines is 1. The van der Waals surface area contributed by atoms with Crippen molar-refractivity contribution in [3.63, 3.8) is 0 Å². The summed E-state index contributed by atoms with van der Waals surface area (Å²) in [6, 6.07) is 14.2. The van der Waals surface area contributed by atoms with E-state index in [9.17, 15) is 4.79 Å². The molecule has 0 N–H and O–H groups in total. The molecule has 0 unspecified atom stereocenters. The first-order valence-electron chi connectivity index (χ1n) is 9.74. The summed E-state index contributed by atoms with van der Waals surface area (Å²) in [4.78, 5) is 17.3. The molecule has 6 nitrogen and oxygen atoms in total. The van der Waals surface area contributed by atoms with Gasteiger partial charge in [-0.15, -0.1) is 5.10 Å². The predicted octanol–water partition coefficient (Wildman–Crippen LogP) is 3.92. The lowest BCUT2D eigenvalue weighted by Crippen LogP contribution is -2.49. The molecule has 0 spiro atoms. The summed E-state index contributed by atoms with van der Waals surface area (Å²) in [6.07, 6.45) is 0. The Morgan fingerprint density at radius 2 is 1.72 bits per heavy atom. The summed E-state index contributed by atoms with van der Waals surface area (Å²) in [5, 5.41) is 8.41. The van der Waals surface area contributed by atoms with Crippen LogP contribution in [-0.4, -0.2) is 52.0 Å². The van der Waals surface area contributed by atoms with Crippen LogP contribution in [0.2, 0.25) is 0 Å². The summed E-state index contributed by atoms with van der Waals surface area (Å²) in [5.74, 6) is -0.0515. The van der Waals surface area contributed by atoms with Crippen LogP contribution in [-0.2, 0) is 0 Å². The average Bonchev–Trinajstić information content (AvgIpc) is 3.11. The number of benzene rings is 2. The molecular weight excluding hydrogens is 430 g/mol. The molecule has 29 heavy (non-hydrogen) atoms. The van der Waals surface area contributed by atoms with E-state index in [2.05, 4.69) is 63.2 Å². The second-order valence-corrected chi connectivity index (χ2v) is 8.33. The Kier molecular flexibility index (Phi) is 5.41. The molecular formula is C22H24BrN5O. The quantitative estimate of drug-likeness (QED) is 0.602. The number of hydrogen-bond acceptors (Lipinski definition) is 4. The van der Waals surface area contributed by atoms with Crippen molar-refractivity contribution < 1.29 is 4.79 Å². The summed E-state index contributed by atoms with van der Waals surface area (Å²) in [6.45, 7) is 9.16. The maximum absolute atomic E-state index is 13.1. The summed E-state index contributed by atoms with van der Waals surface area (Å²) in [7, 11) is 0. The first-order valence-corrected chi connectivity index (χ1v) is 10.5. The zero-order chi connectivity index (χ0) is 20.5. The van der Waals surface area contributed by atoms with Crippen LogP contribution in [0.3, 0.4) is 0 Å². The zero-order valence-electron chi connectivity index (χ0n) is 16.9. The zero-order valence-corrected chi connectivity index (χ0v) is 18.5. The second-order valence-electron chi connectivity index (χ2n) is 7.41. The van der Waals surface area contributed by atoms with Crippen molar-refractivity contribution in [2.24, 2.45) is 0 Å². The topological polar surface area (TPSA) is 54.3 Å². The molecule has 0 atom stereocenters. The van der Waals surface area contributed by atoms with E-state index in [0.29, 0.717) is 18.8 Å². The Bertz CT molecular complexity index is 1050. The molecule has 1 aliphatic rings. The SMILES string of the molecule is Cc1cccc(N2CCN(C(=O)c3nnn(-c4cccc(Br)c4)c3C)CC2)c1C. The molecule has 0 bridgehead atoms. The minimum Gasteiger partial charge on any atom is -0.368 e. The number of carbonyl (C=O) groups is 1. The number of nitrogens with zero attached hydrogens (tertiary/aromatic N) is 5. The highest BCUT2D eigenvalue weighted by atomic mass is 79.9. The minimum absolute atomic E-state index is 0.0515.